The first-order valence-electron chi connectivity index (χ1n) is 4.31. The minimum atomic E-state index is -1.73. The summed E-state index contributed by atoms with van der Waals surface area (Å²) >= 11 is 17.0. The second kappa shape index (κ2) is 4.17. The Morgan fingerprint density at radius 2 is 1.81 bits per heavy atom. The highest BCUT2D eigenvalue weighted by Gasteiger charge is 2.27. The molecule has 16 heavy (non-hydrogen) atoms. The summed E-state index contributed by atoms with van der Waals surface area (Å²) in [4.78, 5) is 18.9. The molecule has 0 N–H and O–H groups in total. The first kappa shape index (κ1) is 11.6. The minimum absolute atomic E-state index is 0.00157. The number of alkyl halides is 3. The van der Waals surface area contributed by atoms with Gasteiger partial charge in [-0.05, 0) is 6.07 Å². The molecule has 2 rings (SSSR count). The molecule has 0 unspecified atom stereocenters. The van der Waals surface area contributed by atoms with Gasteiger partial charge in [0.2, 0.25) is 3.79 Å². The van der Waals surface area contributed by atoms with Gasteiger partial charge in [-0.25, -0.2) is 9.97 Å². The number of fused-ring (bicyclic) bond motifs is 1. The van der Waals surface area contributed by atoms with Crippen molar-refractivity contribution in [1.82, 2.24) is 9.97 Å². The maximum Gasteiger partial charge on any atom is 0.250 e. The molecule has 0 saturated carbocycles. The van der Waals surface area contributed by atoms with Crippen LogP contribution in [0.5, 0.6) is 0 Å². The molecule has 0 bridgehead atoms. The van der Waals surface area contributed by atoms with Crippen molar-refractivity contribution in [2.75, 3.05) is 0 Å². The third kappa shape index (κ3) is 2.12. The third-order valence-electron chi connectivity index (χ3n) is 2.00. The fourth-order valence-corrected chi connectivity index (χ4v) is 1.57. The van der Waals surface area contributed by atoms with E-state index in [0.29, 0.717) is 17.2 Å². The SMILES string of the molecule is O=Cc1nc(C(Cl)(Cl)Cl)nc2ccccc12. The van der Waals surface area contributed by atoms with Crippen molar-refractivity contribution in [2.24, 2.45) is 0 Å². The van der Waals surface area contributed by atoms with Crippen molar-refractivity contribution in [3.63, 3.8) is 0 Å². The second-order valence-corrected chi connectivity index (χ2v) is 5.35. The van der Waals surface area contributed by atoms with Crippen LogP contribution in [0.25, 0.3) is 10.9 Å². The highest BCUT2D eigenvalue weighted by molar-refractivity contribution is 6.66. The van der Waals surface area contributed by atoms with Crippen LogP contribution in [-0.4, -0.2) is 16.3 Å². The molecule has 3 nitrogen and oxygen atoms in total. The Morgan fingerprint density at radius 3 is 2.44 bits per heavy atom. The van der Waals surface area contributed by atoms with Gasteiger partial charge >= 0.3 is 0 Å². The van der Waals surface area contributed by atoms with E-state index in [1.54, 1.807) is 24.3 Å². The van der Waals surface area contributed by atoms with Crippen LogP contribution >= 0.6 is 34.8 Å². The highest BCUT2D eigenvalue weighted by Crippen LogP contribution is 2.36. The number of hydrogen-bond donors (Lipinski definition) is 0. The molecule has 0 aliphatic rings. The van der Waals surface area contributed by atoms with Crippen LogP contribution in [0, 0.1) is 0 Å². The largest absolute Gasteiger partial charge is 0.296 e. The minimum Gasteiger partial charge on any atom is -0.296 e. The van der Waals surface area contributed by atoms with Gasteiger partial charge in [0.15, 0.2) is 12.1 Å². The van der Waals surface area contributed by atoms with Crippen molar-refractivity contribution in [1.29, 1.82) is 0 Å². The first-order valence-corrected chi connectivity index (χ1v) is 5.45. The second-order valence-electron chi connectivity index (χ2n) is 3.07. The van der Waals surface area contributed by atoms with E-state index < -0.39 is 3.79 Å². The van der Waals surface area contributed by atoms with Crippen LogP contribution in [-0.2, 0) is 3.79 Å². The molecule has 0 fully saturated rings. The number of aromatic nitrogens is 2. The fraction of sp³-hybridized carbons (Fsp3) is 0.100. The van der Waals surface area contributed by atoms with E-state index in [9.17, 15) is 4.79 Å². The van der Waals surface area contributed by atoms with E-state index in [0.717, 1.165) is 0 Å². The van der Waals surface area contributed by atoms with E-state index in [1.165, 1.54) is 0 Å². The van der Waals surface area contributed by atoms with E-state index in [-0.39, 0.29) is 11.5 Å². The van der Waals surface area contributed by atoms with Crippen molar-refractivity contribution < 1.29 is 4.79 Å². The summed E-state index contributed by atoms with van der Waals surface area (Å²) in [5.41, 5.74) is 0.785. The average Bonchev–Trinajstić information content (AvgIpc) is 2.26. The number of rotatable bonds is 1. The number of nitrogens with zero attached hydrogens (tertiary/aromatic N) is 2. The summed E-state index contributed by atoms with van der Waals surface area (Å²) in [5.74, 6) is -0.00157. The average molecular weight is 276 g/mol. The van der Waals surface area contributed by atoms with Crippen molar-refractivity contribution in [2.45, 2.75) is 3.79 Å². The molecule has 1 heterocycles. The Labute approximate surface area is 106 Å². The Morgan fingerprint density at radius 1 is 1.12 bits per heavy atom. The van der Waals surface area contributed by atoms with Crippen LogP contribution in [0.2, 0.25) is 0 Å². The van der Waals surface area contributed by atoms with Gasteiger partial charge in [-0.3, -0.25) is 4.79 Å². The molecule has 6 heteroatoms. The Bertz CT molecular complexity index is 551. The zero-order chi connectivity index (χ0) is 11.8. The number of carbonyl (C=O) groups excluding carboxylic acids is 1. The van der Waals surface area contributed by atoms with Crippen LogP contribution in [0.15, 0.2) is 24.3 Å². The van der Waals surface area contributed by atoms with Crippen LogP contribution < -0.4 is 0 Å². The number of halogens is 3. The van der Waals surface area contributed by atoms with Crippen molar-refractivity contribution in [3.8, 4) is 0 Å². The summed E-state index contributed by atoms with van der Waals surface area (Å²) in [5, 5.41) is 0.635. The predicted molar refractivity (Wildman–Crippen MR) is 64.2 cm³/mol. The Hall–Kier alpha value is -0.900. The maximum atomic E-state index is 10.9. The van der Waals surface area contributed by atoms with Crippen LogP contribution in [0.3, 0.4) is 0 Å². The molecule has 0 amide bonds. The lowest BCUT2D eigenvalue weighted by Crippen LogP contribution is -2.09. The summed E-state index contributed by atoms with van der Waals surface area (Å²) in [6.07, 6.45) is 0.615. The lowest BCUT2D eigenvalue weighted by Gasteiger charge is -2.10. The van der Waals surface area contributed by atoms with Crippen molar-refractivity contribution in [3.05, 3.63) is 35.8 Å². The number of carbonyl (C=O) groups is 1. The number of benzene rings is 1. The summed E-state index contributed by atoms with van der Waals surface area (Å²) in [7, 11) is 0. The maximum absolute atomic E-state index is 10.9. The molecular formula is C10H5Cl3N2O. The summed E-state index contributed by atoms with van der Waals surface area (Å²) in [6.45, 7) is 0. The van der Waals surface area contributed by atoms with Gasteiger partial charge in [0.05, 0.1) is 5.52 Å². The van der Waals surface area contributed by atoms with Gasteiger partial charge in [0, 0.05) is 5.39 Å². The van der Waals surface area contributed by atoms with Crippen LogP contribution in [0.4, 0.5) is 0 Å². The van der Waals surface area contributed by atoms with Crippen LogP contribution in [0.1, 0.15) is 16.3 Å². The standard InChI is InChI=1S/C10H5Cl3N2O/c11-10(12,13)9-14-7-4-2-1-3-6(7)8(5-16)15-9/h1-5H. The number of hydrogen-bond acceptors (Lipinski definition) is 3. The normalized spacial score (nSPS) is 11.7. The van der Waals surface area contributed by atoms with Gasteiger partial charge < -0.3 is 0 Å². The molecule has 2 aromatic rings. The monoisotopic (exact) mass is 274 g/mol. The van der Waals surface area contributed by atoms with E-state index >= 15 is 0 Å². The predicted octanol–water partition coefficient (Wildman–Crippen LogP) is 3.27. The van der Waals surface area contributed by atoms with Gasteiger partial charge in [0.1, 0.15) is 5.69 Å². The quantitative estimate of drug-likeness (QED) is 0.592. The molecule has 0 aliphatic heterocycles. The fourth-order valence-electron chi connectivity index (χ4n) is 1.32. The first-order chi connectivity index (χ1) is 7.52. The lowest BCUT2D eigenvalue weighted by atomic mass is 10.2. The zero-order valence-electron chi connectivity index (χ0n) is 7.82. The van der Waals surface area contributed by atoms with Gasteiger partial charge in [-0.1, -0.05) is 53.0 Å². The number of para-hydroxylation sites is 1. The summed E-state index contributed by atoms with van der Waals surface area (Å²) in [6, 6.07) is 7.03. The molecule has 1 aromatic carbocycles. The van der Waals surface area contributed by atoms with Gasteiger partial charge in [0.25, 0.3) is 0 Å². The molecule has 0 spiro atoms. The molecule has 1 aromatic heterocycles. The Balaban J connectivity index is 2.78. The molecule has 0 aliphatic carbocycles. The Kier molecular flexibility index (Phi) is 3.02. The number of aldehydes is 1. The third-order valence-corrected chi connectivity index (χ3v) is 2.50. The lowest BCUT2D eigenvalue weighted by molar-refractivity contribution is 0.112. The molecule has 0 saturated heterocycles. The van der Waals surface area contributed by atoms with Gasteiger partial charge in [-0.15, -0.1) is 0 Å². The molecule has 0 radical (unpaired) electrons. The zero-order valence-corrected chi connectivity index (χ0v) is 10.1. The highest BCUT2D eigenvalue weighted by atomic mass is 35.6. The molecule has 82 valence electrons. The van der Waals surface area contributed by atoms with E-state index in [4.69, 9.17) is 34.8 Å². The topological polar surface area (TPSA) is 42.9 Å². The smallest absolute Gasteiger partial charge is 0.250 e. The van der Waals surface area contributed by atoms with Gasteiger partial charge in [-0.2, -0.15) is 0 Å². The van der Waals surface area contributed by atoms with E-state index in [2.05, 4.69) is 9.97 Å². The molecular weight excluding hydrogens is 270 g/mol. The van der Waals surface area contributed by atoms with Crippen molar-refractivity contribution >= 4 is 52.0 Å². The molecule has 0 atom stereocenters. The summed E-state index contributed by atoms with van der Waals surface area (Å²) < 4.78 is -1.73. The van der Waals surface area contributed by atoms with E-state index in [1.807, 2.05) is 0 Å².